The van der Waals surface area contributed by atoms with E-state index in [2.05, 4.69) is 30.6 Å². The van der Waals surface area contributed by atoms with E-state index in [9.17, 15) is 0 Å². The first kappa shape index (κ1) is 14.2. The van der Waals surface area contributed by atoms with Crippen molar-refractivity contribution in [2.24, 2.45) is 0 Å². The molecule has 0 aliphatic rings. The van der Waals surface area contributed by atoms with Crippen molar-refractivity contribution in [2.75, 3.05) is 24.3 Å². The molecule has 8 nitrogen and oxygen atoms in total. The molecular weight excluding hydrogens is 258 g/mol. The third-order valence-corrected chi connectivity index (χ3v) is 2.75. The minimum absolute atomic E-state index is 0.171. The van der Waals surface area contributed by atoms with Crippen LogP contribution < -0.4 is 10.6 Å². The van der Waals surface area contributed by atoms with Crippen molar-refractivity contribution in [1.82, 2.24) is 24.5 Å². The van der Waals surface area contributed by atoms with Gasteiger partial charge in [-0.2, -0.15) is 15.0 Å². The Morgan fingerprint density at radius 1 is 1.30 bits per heavy atom. The molecule has 3 N–H and O–H groups in total. The number of aromatic nitrogens is 5. The van der Waals surface area contributed by atoms with Gasteiger partial charge < -0.3 is 15.7 Å². The summed E-state index contributed by atoms with van der Waals surface area (Å²) < 4.78 is 1.71. The van der Waals surface area contributed by atoms with Gasteiger partial charge in [0.1, 0.15) is 6.33 Å². The zero-order valence-electron chi connectivity index (χ0n) is 11.6. The minimum Gasteiger partial charge on any atom is -0.396 e. The summed E-state index contributed by atoms with van der Waals surface area (Å²) >= 11 is 0. The standard InChI is InChI=1S/C12H19N7O/c1-9(4-3-7-20)15-11-16-10(13-2)17-12(18-11)19-6-5-14-8-19/h5-6,8-9,20H,3-4,7H2,1-2H3,(H2,13,15,16,17,18). The molecule has 2 aromatic rings. The zero-order valence-corrected chi connectivity index (χ0v) is 11.6. The molecule has 0 radical (unpaired) electrons. The van der Waals surface area contributed by atoms with Crippen molar-refractivity contribution in [3.63, 3.8) is 0 Å². The Balaban J connectivity index is 2.18. The molecule has 0 saturated carbocycles. The van der Waals surface area contributed by atoms with Crippen molar-refractivity contribution in [2.45, 2.75) is 25.8 Å². The second-order valence-electron chi connectivity index (χ2n) is 4.41. The molecule has 2 heterocycles. The van der Waals surface area contributed by atoms with E-state index in [1.165, 1.54) is 0 Å². The number of aliphatic hydroxyl groups is 1. The van der Waals surface area contributed by atoms with Gasteiger partial charge in [-0.1, -0.05) is 0 Å². The SMILES string of the molecule is CNc1nc(NC(C)CCCO)nc(-n2ccnc2)n1. The maximum absolute atomic E-state index is 8.84. The van der Waals surface area contributed by atoms with Crippen molar-refractivity contribution < 1.29 is 5.11 Å². The van der Waals surface area contributed by atoms with Gasteiger partial charge in [0.05, 0.1) is 0 Å². The van der Waals surface area contributed by atoms with E-state index in [1.807, 2.05) is 6.92 Å². The predicted molar refractivity (Wildman–Crippen MR) is 75.9 cm³/mol. The second-order valence-corrected chi connectivity index (χ2v) is 4.41. The third-order valence-electron chi connectivity index (χ3n) is 2.75. The fourth-order valence-corrected chi connectivity index (χ4v) is 1.72. The molecule has 8 heteroatoms. The number of nitrogens with one attached hydrogen (secondary N) is 2. The molecule has 0 amide bonds. The Kier molecular flexibility index (Phi) is 4.83. The smallest absolute Gasteiger partial charge is 0.241 e. The quantitative estimate of drug-likeness (QED) is 0.683. The average Bonchev–Trinajstić information content (AvgIpc) is 2.99. The first-order valence-electron chi connectivity index (χ1n) is 6.52. The van der Waals surface area contributed by atoms with Crippen LogP contribution in [0.4, 0.5) is 11.9 Å². The van der Waals surface area contributed by atoms with Crippen LogP contribution in [0.1, 0.15) is 19.8 Å². The third kappa shape index (κ3) is 3.64. The van der Waals surface area contributed by atoms with Crippen LogP contribution in [0.15, 0.2) is 18.7 Å². The second kappa shape index (κ2) is 6.80. The van der Waals surface area contributed by atoms with E-state index in [-0.39, 0.29) is 12.6 Å². The predicted octanol–water partition coefficient (Wildman–Crippen LogP) is 0.672. The lowest BCUT2D eigenvalue weighted by Crippen LogP contribution is -2.19. The number of nitrogens with zero attached hydrogens (tertiary/aromatic N) is 5. The van der Waals surface area contributed by atoms with Gasteiger partial charge in [0.25, 0.3) is 0 Å². The Morgan fingerprint density at radius 2 is 2.10 bits per heavy atom. The number of imidazole rings is 1. The molecule has 1 unspecified atom stereocenters. The highest BCUT2D eigenvalue weighted by Crippen LogP contribution is 2.11. The minimum atomic E-state index is 0.171. The molecule has 0 spiro atoms. The summed E-state index contributed by atoms with van der Waals surface area (Å²) in [5.41, 5.74) is 0. The number of hydrogen-bond donors (Lipinski definition) is 3. The van der Waals surface area contributed by atoms with Crippen LogP contribution in [0.5, 0.6) is 0 Å². The molecule has 0 aliphatic heterocycles. The van der Waals surface area contributed by atoms with E-state index in [1.54, 1.807) is 30.3 Å². The fourth-order valence-electron chi connectivity index (χ4n) is 1.72. The van der Waals surface area contributed by atoms with Crippen LogP contribution in [0, 0.1) is 0 Å². The highest BCUT2D eigenvalue weighted by atomic mass is 16.2. The summed E-state index contributed by atoms with van der Waals surface area (Å²) in [6.07, 6.45) is 6.66. The van der Waals surface area contributed by atoms with E-state index >= 15 is 0 Å². The monoisotopic (exact) mass is 277 g/mol. The molecule has 0 aromatic carbocycles. The maximum Gasteiger partial charge on any atom is 0.241 e. The first-order valence-corrected chi connectivity index (χ1v) is 6.52. The molecule has 0 saturated heterocycles. The molecule has 0 aliphatic carbocycles. The number of anilines is 2. The molecule has 20 heavy (non-hydrogen) atoms. The van der Waals surface area contributed by atoms with Gasteiger partial charge in [-0.15, -0.1) is 0 Å². The lowest BCUT2D eigenvalue weighted by Gasteiger charge is -2.14. The highest BCUT2D eigenvalue weighted by molar-refractivity contribution is 5.38. The summed E-state index contributed by atoms with van der Waals surface area (Å²) in [7, 11) is 1.76. The van der Waals surface area contributed by atoms with Crippen LogP contribution in [0.3, 0.4) is 0 Å². The molecular formula is C12H19N7O. The van der Waals surface area contributed by atoms with Crippen LogP contribution in [-0.2, 0) is 0 Å². The van der Waals surface area contributed by atoms with Gasteiger partial charge in [0.2, 0.25) is 17.8 Å². The molecule has 0 fully saturated rings. The number of rotatable bonds is 7. The Bertz CT molecular complexity index is 529. The van der Waals surface area contributed by atoms with E-state index in [0.29, 0.717) is 17.8 Å². The zero-order chi connectivity index (χ0) is 14.4. The Hall–Kier alpha value is -2.22. The summed E-state index contributed by atoms with van der Waals surface area (Å²) in [6.45, 7) is 2.21. The summed E-state index contributed by atoms with van der Waals surface area (Å²) in [6, 6.07) is 0.171. The van der Waals surface area contributed by atoms with Crippen molar-refractivity contribution in [3.8, 4) is 5.95 Å². The topological polar surface area (TPSA) is 101 Å². The molecule has 0 bridgehead atoms. The lowest BCUT2D eigenvalue weighted by molar-refractivity contribution is 0.282. The van der Waals surface area contributed by atoms with E-state index in [0.717, 1.165) is 12.8 Å². The Labute approximate surface area is 117 Å². The molecule has 2 rings (SSSR count). The van der Waals surface area contributed by atoms with Crippen molar-refractivity contribution in [3.05, 3.63) is 18.7 Å². The van der Waals surface area contributed by atoms with Gasteiger partial charge >= 0.3 is 0 Å². The van der Waals surface area contributed by atoms with Gasteiger partial charge in [-0.3, -0.25) is 4.57 Å². The Morgan fingerprint density at radius 3 is 2.75 bits per heavy atom. The van der Waals surface area contributed by atoms with Gasteiger partial charge in [-0.25, -0.2) is 4.98 Å². The maximum atomic E-state index is 8.84. The van der Waals surface area contributed by atoms with Crippen LogP contribution in [-0.4, -0.2) is 49.3 Å². The normalized spacial score (nSPS) is 12.2. The number of hydrogen-bond acceptors (Lipinski definition) is 7. The van der Waals surface area contributed by atoms with E-state index in [4.69, 9.17) is 5.11 Å². The molecule has 2 aromatic heterocycles. The fraction of sp³-hybridized carbons (Fsp3) is 0.500. The van der Waals surface area contributed by atoms with Crippen LogP contribution in [0.2, 0.25) is 0 Å². The average molecular weight is 277 g/mol. The van der Waals surface area contributed by atoms with Gasteiger partial charge in [-0.05, 0) is 19.8 Å². The van der Waals surface area contributed by atoms with Gasteiger partial charge in [0, 0.05) is 32.1 Å². The van der Waals surface area contributed by atoms with Crippen LogP contribution in [0.25, 0.3) is 5.95 Å². The molecule has 108 valence electrons. The lowest BCUT2D eigenvalue weighted by atomic mass is 10.2. The van der Waals surface area contributed by atoms with E-state index < -0.39 is 0 Å². The van der Waals surface area contributed by atoms with Crippen LogP contribution >= 0.6 is 0 Å². The highest BCUT2D eigenvalue weighted by Gasteiger charge is 2.09. The first-order chi connectivity index (χ1) is 9.72. The summed E-state index contributed by atoms with van der Waals surface area (Å²) in [5.74, 6) is 1.48. The van der Waals surface area contributed by atoms with Crippen molar-refractivity contribution in [1.29, 1.82) is 0 Å². The number of aliphatic hydroxyl groups excluding tert-OH is 1. The van der Waals surface area contributed by atoms with Gasteiger partial charge in [0.15, 0.2) is 0 Å². The van der Waals surface area contributed by atoms with Crippen molar-refractivity contribution >= 4 is 11.9 Å². The summed E-state index contributed by atoms with van der Waals surface area (Å²) in [5, 5.41) is 15.0. The largest absolute Gasteiger partial charge is 0.396 e. The summed E-state index contributed by atoms with van der Waals surface area (Å²) in [4.78, 5) is 16.9. The molecule has 1 atom stereocenters.